The molecule has 90 valence electrons. The summed E-state index contributed by atoms with van der Waals surface area (Å²) in [4.78, 5) is 8.44. The molecule has 0 aliphatic carbocycles. The van der Waals surface area contributed by atoms with Gasteiger partial charge in [-0.25, -0.2) is 9.97 Å². The minimum absolute atomic E-state index is 0.433. The quantitative estimate of drug-likeness (QED) is 0.701. The van der Waals surface area contributed by atoms with E-state index in [1.807, 2.05) is 22.7 Å². The number of aromatic nitrogens is 5. The summed E-state index contributed by atoms with van der Waals surface area (Å²) in [5, 5.41) is 11.0. The van der Waals surface area contributed by atoms with Crippen LogP contribution in [-0.4, -0.2) is 24.6 Å². The lowest BCUT2D eigenvalue weighted by Gasteiger charge is -2.07. The van der Waals surface area contributed by atoms with E-state index in [1.54, 1.807) is 18.6 Å². The Labute approximate surface area is 103 Å². The van der Waals surface area contributed by atoms with Gasteiger partial charge in [0.1, 0.15) is 5.82 Å². The predicted octanol–water partition coefficient (Wildman–Crippen LogP) is 0.714. The Morgan fingerprint density at radius 3 is 3.11 bits per heavy atom. The van der Waals surface area contributed by atoms with Gasteiger partial charge >= 0.3 is 0 Å². The van der Waals surface area contributed by atoms with Crippen molar-refractivity contribution < 1.29 is 0 Å². The fraction of sp³-hybridized carbons (Fsp3) is 0.0909. The van der Waals surface area contributed by atoms with E-state index in [9.17, 15) is 0 Å². The molecule has 0 unspecified atom stereocenters. The zero-order chi connectivity index (χ0) is 12.4. The van der Waals surface area contributed by atoms with Crippen molar-refractivity contribution in [3.63, 3.8) is 0 Å². The average molecular weight is 241 g/mol. The molecule has 0 spiro atoms. The number of nitrogen functional groups attached to an aromatic ring is 1. The van der Waals surface area contributed by atoms with E-state index in [1.165, 1.54) is 0 Å². The van der Waals surface area contributed by atoms with Crippen LogP contribution in [0.4, 0.5) is 11.6 Å². The molecule has 7 heteroatoms. The van der Waals surface area contributed by atoms with Crippen molar-refractivity contribution in [3.8, 4) is 0 Å². The zero-order valence-corrected chi connectivity index (χ0v) is 9.48. The fourth-order valence-electron chi connectivity index (χ4n) is 1.67. The maximum atomic E-state index is 5.73. The molecule has 0 aliphatic rings. The van der Waals surface area contributed by atoms with Crippen LogP contribution in [0.5, 0.6) is 0 Å². The van der Waals surface area contributed by atoms with Crippen molar-refractivity contribution in [2.75, 3.05) is 11.1 Å². The molecule has 0 bridgehead atoms. The highest BCUT2D eigenvalue weighted by molar-refractivity contribution is 5.64. The molecule has 0 saturated carbocycles. The Kier molecular flexibility index (Phi) is 2.49. The van der Waals surface area contributed by atoms with E-state index in [2.05, 4.69) is 25.5 Å². The van der Waals surface area contributed by atoms with E-state index in [4.69, 9.17) is 5.73 Å². The normalized spacial score (nSPS) is 10.7. The summed E-state index contributed by atoms with van der Waals surface area (Å²) in [6.07, 6.45) is 6.87. The molecule has 0 fully saturated rings. The van der Waals surface area contributed by atoms with E-state index in [0.717, 1.165) is 11.3 Å². The molecular formula is C11H11N7. The molecule has 0 radical (unpaired) electrons. The van der Waals surface area contributed by atoms with Crippen molar-refractivity contribution in [1.82, 2.24) is 24.6 Å². The van der Waals surface area contributed by atoms with Crippen LogP contribution in [0, 0.1) is 0 Å². The van der Waals surface area contributed by atoms with Crippen LogP contribution < -0.4 is 11.1 Å². The minimum Gasteiger partial charge on any atom is -0.382 e. The van der Waals surface area contributed by atoms with Crippen LogP contribution in [0.15, 0.2) is 36.9 Å². The lowest BCUT2D eigenvalue weighted by Crippen LogP contribution is -2.07. The summed E-state index contributed by atoms with van der Waals surface area (Å²) in [7, 11) is 0. The van der Waals surface area contributed by atoms with Crippen molar-refractivity contribution in [1.29, 1.82) is 0 Å². The fourth-order valence-corrected chi connectivity index (χ4v) is 1.67. The molecule has 7 nitrogen and oxygen atoms in total. The number of hydrogen-bond donors (Lipinski definition) is 2. The highest BCUT2D eigenvalue weighted by atomic mass is 15.1. The van der Waals surface area contributed by atoms with Crippen LogP contribution in [0.2, 0.25) is 0 Å². The van der Waals surface area contributed by atoms with Crippen molar-refractivity contribution in [3.05, 3.63) is 42.6 Å². The summed E-state index contributed by atoms with van der Waals surface area (Å²) < 4.78 is 1.82. The first-order valence-corrected chi connectivity index (χ1v) is 5.42. The lowest BCUT2D eigenvalue weighted by molar-refractivity contribution is 0.919. The van der Waals surface area contributed by atoms with Crippen LogP contribution in [-0.2, 0) is 6.54 Å². The summed E-state index contributed by atoms with van der Waals surface area (Å²) in [5.41, 5.74) is 7.28. The molecule has 3 rings (SSSR count). The SMILES string of the molecule is Nc1cn2ccnc2c(NCc2cccnn2)n1. The van der Waals surface area contributed by atoms with E-state index < -0.39 is 0 Å². The van der Waals surface area contributed by atoms with Gasteiger partial charge in [-0.05, 0) is 12.1 Å². The highest BCUT2D eigenvalue weighted by Crippen LogP contribution is 2.14. The topological polar surface area (TPSA) is 94.0 Å². The predicted molar refractivity (Wildman–Crippen MR) is 66.8 cm³/mol. The monoisotopic (exact) mass is 241 g/mol. The number of anilines is 2. The van der Waals surface area contributed by atoms with E-state index in [0.29, 0.717) is 18.2 Å². The first-order valence-electron chi connectivity index (χ1n) is 5.42. The third kappa shape index (κ3) is 1.93. The minimum atomic E-state index is 0.433. The molecule has 3 N–H and O–H groups in total. The molecule has 3 aromatic rings. The Balaban J connectivity index is 1.88. The number of fused-ring (bicyclic) bond motifs is 1. The van der Waals surface area contributed by atoms with Crippen LogP contribution in [0.1, 0.15) is 5.69 Å². The second kappa shape index (κ2) is 4.28. The van der Waals surface area contributed by atoms with Gasteiger partial charge in [0, 0.05) is 18.6 Å². The molecule has 3 aromatic heterocycles. The van der Waals surface area contributed by atoms with Gasteiger partial charge < -0.3 is 15.5 Å². The van der Waals surface area contributed by atoms with Gasteiger partial charge in [-0.3, -0.25) is 0 Å². The molecule has 3 heterocycles. The van der Waals surface area contributed by atoms with E-state index >= 15 is 0 Å². The smallest absolute Gasteiger partial charge is 0.180 e. The van der Waals surface area contributed by atoms with Gasteiger partial charge in [-0.15, -0.1) is 0 Å². The van der Waals surface area contributed by atoms with Gasteiger partial charge in [-0.2, -0.15) is 10.2 Å². The average Bonchev–Trinajstić information content (AvgIpc) is 2.85. The number of nitrogens with zero attached hydrogens (tertiary/aromatic N) is 5. The third-order valence-electron chi connectivity index (χ3n) is 2.46. The summed E-state index contributed by atoms with van der Waals surface area (Å²) in [5.74, 6) is 1.06. The molecule has 0 atom stereocenters. The van der Waals surface area contributed by atoms with Gasteiger partial charge in [0.25, 0.3) is 0 Å². The van der Waals surface area contributed by atoms with Crippen molar-refractivity contribution in [2.45, 2.75) is 6.54 Å². The maximum absolute atomic E-state index is 5.73. The van der Waals surface area contributed by atoms with Crippen molar-refractivity contribution >= 4 is 17.3 Å². The summed E-state index contributed by atoms with van der Waals surface area (Å²) in [6.45, 7) is 0.521. The Hall–Kier alpha value is -2.70. The van der Waals surface area contributed by atoms with E-state index in [-0.39, 0.29) is 0 Å². The Bertz CT molecular complexity index is 661. The number of imidazole rings is 1. The summed E-state index contributed by atoms with van der Waals surface area (Å²) >= 11 is 0. The molecular weight excluding hydrogens is 230 g/mol. The van der Waals surface area contributed by atoms with Gasteiger partial charge in [0.05, 0.1) is 18.4 Å². The number of hydrogen-bond acceptors (Lipinski definition) is 6. The molecule has 0 aromatic carbocycles. The van der Waals surface area contributed by atoms with Gasteiger partial charge in [-0.1, -0.05) is 0 Å². The van der Waals surface area contributed by atoms with Crippen LogP contribution in [0.25, 0.3) is 5.65 Å². The molecule has 0 saturated heterocycles. The Morgan fingerprint density at radius 1 is 1.33 bits per heavy atom. The Morgan fingerprint density at radius 2 is 2.28 bits per heavy atom. The summed E-state index contributed by atoms with van der Waals surface area (Å²) in [6, 6.07) is 3.72. The first kappa shape index (κ1) is 10.5. The molecule has 18 heavy (non-hydrogen) atoms. The number of rotatable bonds is 3. The van der Waals surface area contributed by atoms with Crippen LogP contribution in [0.3, 0.4) is 0 Å². The second-order valence-electron chi connectivity index (χ2n) is 3.74. The van der Waals surface area contributed by atoms with Gasteiger partial charge in [0.15, 0.2) is 11.5 Å². The maximum Gasteiger partial charge on any atom is 0.180 e. The third-order valence-corrected chi connectivity index (χ3v) is 2.46. The van der Waals surface area contributed by atoms with Gasteiger partial charge in [0.2, 0.25) is 0 Å². The standard InChI is InChI=1S/C11H11N7/c12-9-7-18-5-4-13-11(18)10(16-9)14-6-8-2-1-3-15-17-8/h1-5,7H,6,12H2,(H,14,16). The van der Waals surface area contributed by atoms with Crippen LogP contribution >= 0.6 is 0 Å². The van der Waals surface area contributed by atoms with Crippen molar-refractivity contribution in [2.24, 2.45) is 0 Å². The number of nitrogens with one attached hydrogen (secondary N) is 1. The zero-order valence-electron chi connectivity index (χ0n) is 9.48. The highest BCUT2D eigenvalue weighted by Gasteiger charge is 2.05. The first-order chi connectivity index (χ1) is 8.83. The largest absolute Gasteiger partial charge is 0.382 e. The lowest BCUT2D eigenvalue weighted by atomic mass is 10.4. The second-order valence-corrected chi connectivity index (χ2v) is 3.74. The molecule has 0 amide bonds. The number of nitrogens with two attached hydrogens (primary N) is 1. The molecule has 0 aliphatic heterocycles.